The number of carbonyl (C=O) groups is 2. The van der Waals surface area contributed by atoms with Crippen LogP contribution >= 0.6 is 7.82 Å². The van der Waals surface area contributed by atoms with Gasteiger partial charge in [0.1, 0.15) is 10.1 Å². The quantitative estimate of drug-likeness (QED) is 0.0783. The van der Waals surface area contributed by atoms with Gasteiger partial charge < -0.3 is 34.5 Å². The monoisotopic (exact) mass is 648 g/mol. The average molecular weight is 648 g/mol. The summed E-state index contributed by atoms with van der Waals surface area (Å²) in [6.07, 6.45) is 0. The van der Waals surface area contributed by atoms with E-state index in [4.69, 9.17) is 5.73 Å². The molecule has 3 aromatic carbocycles. The molecule has 0 fully saturated rings. The van der Waals surface area contributed by atoms with Crippen LogP contribution < -0.4 is 110 Å². The van der Waals surface area contributed by atoms with Crippen LogP contribution in [0.1, 0.15) is 31.8 Å². The van der Waals surface area contributed by atoms with Gasteiger partial charge in [0.2, 0.25) is 0 Å². The van der Waals surface area contributed by atoms with Gasteiger partial charge in [0.15, 0.2) is 21.4 Å². The Morgan fingerprint density at radius 3 is 1.95 bits per heavy atom. The molecule has 0 unspecified atom stereocenters. The first-order valence-corrected chi connectivity index (χ1v) is 15.0. The van der Waals surface area contributed by atoms with Crippen LogP contribution in [0.25, 0.3) is 0 Å². The Morgan fingerprint density at radius 2 is 1.41 bits per heavy atom. The van der Waals surface area contributed by atoms with Crippen molar-refractivity contribution in [3.05, 3.63) is 76.9 Å². The van der Waals surface area contributed by atoms with Gasteiger partial charge >= 0.3 is 88.7 Å². The van der Waals surface area contributed by atoms with Crippen LogP contribution in [-0.4, -0.2) is 45.3 Å². The van der Waals surface area contributed by atoms with Gasteiger partial charge in [-0.25, -0.2) is 16.8 Å². The molecule has 0 radical (unpaired) electrons. The molecule has 0 saturated carbocycles. The van der Waals surface area contributed by atoms with Gasteiger partial charge in [-0.3, -0.25) is 9.59 Å². The number of ketones is 2. The van der Waals surface area contributed by atoms with Crippen molar-refractivity contribution in [2.24, 2.45) is 0 Å². The molecule has 0 atom stereocenters. The van der Waals surface area contributed by atoms with Crippen molar-refractivity contribution < 1.29 is 139 Å². The minimum absolute atomic E-state index is 0. The number of nitrogen functional groups attached to an aromatic ring is 1. The third-order valence-electron chi connectivity index (χ3n) is 5.54. The summed E-state index contributed by atoms with van der Waals surface area (Å²) in [6, 6.07) is 11.4. The van der Waals surface area contributed by atoms with Crippen molar-refractivity contribution in [3.8, 4) is 0 Å². The van der Waals surface area contributed by atoms with Crippen LogP contribution in [-0.2, 0) is 29.0 Å². The van der Waals surface area contributed by atoms with Crippen LogP contribution in [0.5, 0.6) is 0 Å². The van der Waals surface area contributed by atoms with Crippen molar-refractivity contribution in [2.75, 3.05) is 23.4 Å². The fourth-order valence-corrected chi connectivity index (χ4v) is 6.10. The number of hydrogen-bond donors (Lipinski definition) is 2. The summed E-state index contributed by atoms with van der Waals surface area (Å²) in [6.45, 7) is -0.920. The second kappa shape index (κ2) is 14.6. The van der Waals surface area contributed by atoms with Crippen molar-refractivity contribution in [2.45, 2.75) is 9.79 Å². The summed E-state index contributed by atoms with van der Waals surface area (Å²) < 4.78 is 75.5. The van der Waals surface area contributed by atoms with Crippen LogP contribution in [0, 0.1) is 0 Å². The van der Waals surface area contributed by atoms with Gasteiger partial charge in [-0.05, 0) is 24.3 Å². The molecule has 0 amide bonds. The number of phosphoric ester groups is 1. The van der Waals surface area contributed by atoms with Crippen molar-refractivity contribution in [3.63, 3.8) is 0 Å². The van der Waals surface area contributed by atoms with Crippen molar-refractivity contribution >= 4 is 56.4 Å². The second-order valence-corrected chi connectivity index (χ2v) is 12.6. The number of sulfone groups is 1. The molecule has 0 spiro atoms. The zero-order valence-corrected chi connectivity index (χ0v) is 30.5. The molecular formula is C22H16N2Na3O11PS2. The Morgan fingerprint density at radius 1 is 0.854 bits per heavy atom. The number of benzene rings is 3. The number of nitrogens with two attached hydrogens (primary N) is 1. The Hall–Kier alpha value is -0.430. The molecule has 0 aromatic heterocycles. The van der Waals surface area contributed by atoms with E-state index in [1.54, 1.807) is 0 Å². The van der Waals surface area contributed by atoms with Gasteiger partial charge in [0.25, 0.3) is 0 Å². The Labute approximate surface area is 301 Å². The molecule has 1 aliphatic rings. The Balaban J connectivity index is 0.00000280. The number of hydrogen-bond acceptors (Lipinski definition) is 13. The first kappa shape index (κ1) is 38.6. The van der Waals surface area contributed by atoms with Crippen LogP contribution in [0.2, 0.25) is 0 Å². The molecule has 13 nitrogen and oxygen atoms in total. The number of nitrogens with one attached hydrogen (secondary N) is 1. The maximum Gasteiger partial charge on any atom is 1.00 e. The first-order chi connectivity index (χ1) is 17.6. The average Bonchev–Trinajstić information content (AvgIpc) is 2.82. The van der Waals surface area contributed by atoms with E-state index in [-0.39, 0.29) is 122 Å². The summed E-state index contributed by atoms with van der Waals surface area (Å²) in [4.78, 5) is 46.4. The van der Waals surface area contributed by atoms with E-state index < -0.39 is 67.9 Å². The van der Waals surface area contributed by atoms with Gasteiger partial charge in [-0.1, -0.05) is 30.3 Å². The van der Waals surface area contributed by atoms with E-state index in [9.17, 15) is 45.3 Å². The summed E-state index contributed by atoms with van der Waals surface area (Å²) in [5.74, 6) is -2.34. The number of rotatable bonds is 8. The molecule has 1 aliphatic carbocycles. The Bertz CT molecular complexity index is 1780. The summed E-state index contributed by atoms with van der Waals surface area (Å²) >= 11 is 0. The van der Waals surface area contributed by atoms with E-state index in [2.05, 4.69) is 9.84 Å². The molecule has 0 aliphatic heterocycles. The maximum absolute atomic E-state index is 13.3. The molecule has 4 rings (SSSR count). The van der Waals surface area contributed by atoms with E-state index in [1.165, 1.54) is 36.4 Å². The second-order valence-electron chi connectivity index (χ2n) is 8.00. The van der Waals surface area contributed by atoms with Gasteiger partial charge in [-0.2, -0.15) is 0 Å². The molecule has 0 heterocycles. The number of anilines is 3. The van der Waals surface area contributed by atoms with Gasteiger partial charge in [0.05, 0.1) is 52.5 Å². The van der Waals surface area contributed by atoms with E-state index in [1.807, 2.05) is 0 Å². The topological polar surface area (TPSA) is 236 Å². The van der Waals surface area contributed by atoms with Crippen LogP contribution in [0.15, 0.2) is 64.4 Å². The SMILES string of the molecule is Nc1c(S(=O)(=O)[O-])cc(Nc2cccc(S(=O)(=O)CCOP(=O)([O-])[O-])c2)c2c1C(=O)c1ccccc1C2=O.[Na+].[Na+].[Na+]. The van der Waals surface area contributed by atoms with Gasteiger partial charge in [-0.15, -0.1) is 0 Å². The van der Waals surface area contributed by atoms with E-state index in [0.29, 0.717) is 0 Å². The third-order valence-corrected chi connectivity index (χ3v) is 8.59. The largest absolute Gasteiger partial charge is 1.00 e. The molecule has 200 valence electrons. The predicted molar refractivity (Wildman–Crippen MR) is 127 cm³/mol. The first-order valence-electron chi connectivity index (χ1n) is 10.5. The molecule has 41 heavy (non-hydrogen) atoms. The summed E-state index contributed by atoms with van der Waals surface area (Å²) in [5, 5.41) is 2.67. The molecule has 0 bridgehead atoms. The van der Waals surface area contributed by atoms with E-state index in [0.717, 1.165) is 18.2 Å². The molecule has 3 aromatic rings. The Kier molecular flexibility index (Phi) is 13.7. The minimum atomic E-state index is -5.39. The normalized spacial score (nSPS) is 12.7. The number of carbonyl (C=O) groups excluding carboxylic acids is 2. The molecule has 0 saturated heterocycles. The fraction of sp³-hybridized carbons (Fsp3) is 0.0909. The summed E-state index contributed by atoms with van der Waals surface area (Å²) in [7, 11) is -14.8. The third kappa shape index (κ3) is 8.60. The predicted octanol–water partition coefficient (Wildman–Crippen LogP) is -8.68. The number of fused-ring (bicyclic) bond motifs is 2. The van der Waals surface area contributed by atoms with E-state index >= 15 is 0 Å². The number of phosphoric acid groups is 1. The van der Waals surface area contributed by atoms with Crippen LogP contribution in [0.3, 0.4) is 0 Å². The standard InChI is InChI=1S/C22H19N2O11PS2.3Na/c23-20-17(38(32,33)34)11-16(18-19(20)22(26)15-7-2-1-6-14(15)21(18)25)24-12-4-3-5-13(10-12)37(30,31)9-8-35-36(27,28)29;;;/h1-7,10-11,24H,8-9,23H2,(H2,27,28,29)(H,32,33,34);;;/q;3*+1/p-3. The summed E-state index contributed by atoms with van der Waals surface area (Å²) in [5.41, 5.74) is 4.04. The fourth-order valence-electron chi connectivity index (χ4n) is 3.90. The van der Waals surface area contributed by atoms with Gasteiger partial charge in [0, 0.05) is 16.8 Å². The molecule has 3 N–H and O–H groups in total. The maximum atomic E-state index is 13.3. The molecular weight excluding hydrogens is 632 g/mol. The molecule has 19 heteroatoms. The minimum Gasteiger partial charge on any atom is -0.790 e. The van der Waals surface area contributed by atoms with Crippen molar-refractivity contribution in [1.29, 1.82) is 0 Å². The smallest absolute Gasteiger partial charge is 0.790 e. The zero-order chi connectivity index (χ0) is 28.0. The zero-order valence-electron chi connectivity index (χ0n) is 21.9. The van der Waals surface area contributed by atoms with Crippen LogP contribution in [0.4, 0.5) is 17.1 Å². The van der Waals surface area contributed by atoms with Crippen molar-refractivity contribution in [1.82, 2.24) is 0 Å².